The third-order valence-electron chi connectivity index (χ3n) is 5.78. The molecule has 4 aromatic rings. The lowest BCUT2D eigenvalue weighted by Crippen LogP contribution is -2.54. The zero-order valence-electron chi connectivity index (χ0n) is 19.1. The summed E-state index contributed by atoms with van der Waals surface area (Å²) in [5.74, 6) is -2.06. The summed E-state index contributed by atoms with van der Waals surface area (Å²) >= 11 is 6.11. The van der Waals surface area contributed by atoms with Gasteiger partial charge in [0.2, 0.25) is 11.8 Å². The van der Waals surface area contributed by atoms with E-state index in [1.807, 2.05) is 0 Å². The van der Waals surface area contributed by atoms with Crippen LogP contribution in [-0.4, -0.2) is 48.5 Å². The highest BCUT2D eigenvalue weighted by molar-refractivity contribution is 6.31. The molecule has 1 aliphatic rings. The number of anilines is 1. The van der Waals surface area contributed by atoms with E-state index in [0.717, 1.165) is 13.1 Å². The predicted molar refractivity (Wildman–Crippen MR) is 123 cm³/mol. The first-order valence-electron chi connectivity index (χ1n) is 10.6. The Labute approximate surface area is 210 Å². The number of benzene rings is 1. The van der Waals surface area contributed by atoms with Crippen molar-refractivity contribution in [3.8, 4) is 23.1 Å². The van der Waals surface area contributed by atoms with E-state index >= 15 is 0 Å². The lowest BCUT2D eigenvalue weighted by molar-refractivity contribution is -0.147. The summed E-state index contributed by atoms with van der Waals surface area (Å²) in [5, 5.41) is 13.3. The molecule has 0 saturated carbocycles. The predicted octanol–water partition coefficient (Wildman–Crippen LogP) is 3.07. The molecule has 0 atom stereocenters. The van der Waals surface area contributed by atoms with Gasteiger partial charge < -0.3 is 9.64 Å². The van der Waals surface area contributed by atoms with Gasteiger partial charge in [-0.15, -0.1) is 0 Å². The monoisotopic (exact) mass is 534 g/mol. The second-order valence-corrected chi connectivity index (χ2v) is 8.60. The Morgan fingerprint density at radius 3 is 2.49 bits per heavy atom. The van der Waals surface area contributed by atoms with Crippen molar-refractivity contribution in [1.82, 2.24) is 29.3 Å². The first-order chi connectivity index (χ1) is 17.5. The van der Waals surface area contributed by atoms with Crippen molar-refractivity contribution < 1.29 is 22.3 Å². The molecule has 1 aromatic carbocycles. The first-order valence-corrected chi connectivity index (χ1v) is 11.0. The molecule has 1 saturated heterocycles. The van der Waals surface area contributed by atoms with Gasteiger partial charge in [0.05, 0.1) is 30.9 Å². The van der Waals surface area contributed by atoms with Crippen molar-refractivity contribution in [3.05, 3.63) is 57.1 Å². The van der Waals surface area contributed by atoms with Crippen molar-refractivity contribution in [3.63, 3.8) is 0 Å². The molecular formula is C22H15ClF4N8O2. The number of aryl methyl sites for hydroxylation is 1. The van der Waals surface area contributed by atoms with Crippen LogP contribution in [0.2, 0.25) is 5.15 Å². The van der Waals surface area contributed by atoms with Crippen LogP contribution in [0.1, 0.15) is 11.4 Å². The van der Waals surface area contributed by atoms with E-state index in [2.05, 4.69) is 20.1 Å². The zero-order valence-corrected chi connectivity index (χ0v) is 19.8. The fourth-order valence-electron chi connectivity index (χ4n) is 3.83. The molecule has 4 heterocycles. The van der Waals surface area contributed by atoms with Gasteiger partial charge in [-0.1, -0.05) is 11.6 Å². The van der Waals surface area contributed by atoms with Crippen LogP contribution in [0.15, 0.2) is 29.2 Å². The summed E-state index contributed by atoms with van der Waals surface area (Å²) in [4.78, 5) is 26.6. The van der Waals surface area contributed by atoms with E-state index in [-0.39, 0.29) is 42.0 Å². The molecule has 0 unspecified atom stereocenters. The van der Waals surface area contributed by atoms with Gasteiger partial charge in [0.15, 0.2) is 16.4 Å². The molecule has 0 N–H and O–H groups in total. The Hall–Kier alpha value is -4.25. The molecule has 1 fully saturated rings. The van der Waals surface area contributed by atoms with Crippen molar-refractivity contribution in [2.45, 2.75) is 12.3 Å². The quantitative estimate of drug-likeness (QED) is 0.367. The average Bonchev–Trinajstić information content (AvgIpc) is 3.14. The number of fused-ring (bicyclic) bond motifs is 1. The maximum absolute atomic E-state index is 14.9. The minimum absolute atomic E-state index is 0.00325. The number of nitrogens with zero attached hydrogens (tertiary/aromatic N) is 8. The summed E-state index contributed by atoms with van der Waals surface area (Å²) in [7, 11) is 2.57. The molecule has 190 valence electrons. The highest BCUT2D eigenvalue weighted by atomic mass is 35.5. The van der Waals surface area contributed by atoms with Gasteiger partial charge in [0.25, 0.3) is 5.56 Å². The summed E-state index contributed by atoms with van der Waals surface area (Å²) in [5.41, 5.74) is -2.57. The third kappa shape index (κ3) is 4.20. The molecular weight excluding hydrogens is 520 g/mol. The highest BCUT2D eigenvalue weighted by Gasteiger charge is 2.38. The molecule has 0 amide bonds. The second-order valence-electron chi connectivity index (χ2n) is 8.24. The third-order valence-corrected chi connectivity index (χ3v) is 6.21. The van der Waals surface area contributed by atoms with Crippen molar-refractivity contribution >= 4 is 28.6 Å². The standard InChI is InChI=1S/C22H15ClF4N8O2/c1-33-19(36)17-16(30-20(33)22(25,26)27)15(12-4-3-10(6-28)5-13(12)24)31-21(32-17)35-8-11(9-35)37-14-7-29-34(2)18(14)23/h3-5,7,11H,8-9H2,1-2H3. The van der Waals surface area contributed by atoms with Gasteiger partial charge in [-0.05, 0) is 18.2 Å². The number of hydrogen-bond donors (Lipinski definition) is 0. The van der Waals surface area contributed by atoms with Crippen LogP contribution < -0.4 is 15.2 Å². The van der Waals surface area contributed by atoms with E-state index in [4.69, 9.17) is 21.6 Å². The molecule has 37 heavy (non-hydrogen) atoms. The average molecular weight is 535 g/mol. The number of halogens is 5. The Kier molecular flexibility index (Phi) is 5.75. The fourth-order valence-corrected chi connectivity index (χ4v) is 3.97. The zero-order chi connectivity index (χ0) is 26.6. The molecule has 5 rings (SSSR count). The van der Waals surface area contributed by atoms with E-state index in [1.54, 1.807) is 18.0 Å². The van der Waals surface area contributed by atoms with Crippen LogP contribution in [0, 0.1) is 17.1 Å². The number of aromatic nitrogens is 6. The maximum atomic E-state index is 14.9. The molecule has 10 nitrogen and oxygen atoms in total. The van der Waals surface area contributed by atoms with Gasteiger partial charge in [-0.25, -0.2) is 19.3 Å². The van der Waals surface area contributed by atoms with Crippen LogP contribution in [0.5, 0.6) is 5.75 Å². The van der Waals surface area contributed by atoms with Crippen LogP contribution in [0.4, 0.5) is 23.5 Å². The van der Waals surface area contributed by atoms with Gasteiger partial charge in [0.1, 0.15) is 23.1 Å². The van der Waals surface area contributed by atoms with E-state index in [0.29, 0.717) is 15.5 Å². The maximum Gasteiger partial charge on any atom is 0.449 e. The van der Waals surface area contributed by atoms with Crippen LogP contribution >= 0.6 is 11.6 Å². The number of rotatable bonds is 4. The SMILES string of the molecule is Cn1ncc(OC2CN(c3nc(-c4ccc(C#N)cc4F)c4nc(C(F)(F)F)n(C)c(=O)c4n3)C2)c1Cl. The van der Waals surface area contributed by atoms with Crippen molar-refractivity contribution in [2.75, 3.05) is 18.0 Å². The minimum atomic E-state index is -4.96. The molecule has 0 aliphatic carbocycles. The van der Waals surface area contributed by atoms with E-state index in [1.165, 1.54) is 23.0 Å². The molecule has 0 bridgehead atoms. The van der Waals surface area contributed by atoms with Crippen LogP contribution in [0.3, 0.4) is 0 Å². The normalized spacial score (nSPS) is 14.1. The van der Waals surface area contributed by atoms with Crippen molar-refractivity contribution in [1.29, 1.82) is 5.26 Å². The van der Waals surface area contributed by atoms with E-state index < -0.39 is 34.4 Å². The smallest absolute Gasteiger partial charge is 0.449 e. The Morgan fingerprint density at radius 1 is 1.16 bits per heavy atom. The topological polar surface area (TPSA) is 115 Å². The Balaban J connectivity index is 1.61. The molecule has 0 radical (unpaired) electrons. The molecule has 15 heteroatoms. The molecule has 3 aromatic heterocycles. The fraction of sp³-hybridized carbons (Fsp3) is 0.273. The van der Waals surface area contributed by atoms with E-state index in [9.17, 15) is 22.4 Å². The van der Waals surface area contributed by atoms with Crippen LogP contribution in [-0.2, 0) is 20.3 Å². The van der Waals surface area contributed by atoms with Gasteiger partial charge >= 0.3 is 6.18 Å². The number of ether oxygens (including phenoxy) is 1. The number of alkyl halides is 3. The van der Waals surface area contributed by atoms with Crippen molar-refractivity contribution in [2.24, 2.45) is 14.1 Å². The molecule has 1 aliphatic heterocycles. The highest BCUT2D eigenvalue weighted by Crippen LogP contribution is 2.33. The summed E-state index contributed by atoms with van der Waals surface area (Å²) < 4.78 is 63.2. The largest absolute Gasteiger partial charge is 0.482 e. The summed E-state index contributed by atoms with van der Waals surface area (Å²) in [6, 6.07) is 5.17. The van der Waals surface area contributed by atoms with Gasteiger partial charge in [-0.2, -0.15) is 23.5 Å². The van der Waals surface area contributed by atoms with Gasteiger partial charge in [-0.3, -0.25) is 14.0 Å². The Morgan fingerprint density at radius 2 is 1.89 bits per heavy atom. The van der Waals surface area contributed by atoms with Gasteiger partial charge in [0, 0.05) is 19.7 Å². The lowest BCUT2D eigenvalue weighted by Gasteiger charge is -2.38. The summed E-state index contributed by atoms with van der Waals surface area (Å²) in [6.45, 7) is 0.501. The Bertz CT molecular complexity index is 1650. The minimum Gasteiger partial charge on any atom is -0.482 e. The first kappa shape index (κ1) is 24.4. The van der Waals surface area contributed by atoms with Crippen LogP contribution in [0.25, 0.3) is 22.3 Å². The lowest BCUT2D eigenvalue weighted by atomic mass is 10.1. The molecule has 0 spiro atoms. The number of hydrogen-bond acceptors (Lipinski definition) is 8. The summed E-state index contributed by atoms with van der Waals surface area (Å²) in [6.07, 6.45) is -3.85. The number of nitriles is 1. The second kappa shape index (κ2) is 8.70.